The van der Waals surface area contributed by atoms with Gasteiger partial charge >= 0.3 is 20.1 Å². The molecule has 0 aliphatic rings. The Morgan fingerprint density at radius 1 is 0.459 bits per heavy atom. The predicted molar refractivity (Wildman–Crippen MR) is 144 cm³/mol. The summed E-state index contributed by atoms with van der Waals surface area (Å²) in [5, 5.41) is 0. The van der Waals surface area contributed by atoms with Crippen LogP contribution < -0.4 is 4.57 Å². The molecule has 0 radical (unpaired) electrons. The van der Waals surface area contributed by atoms with Gasteiger partial charge in [-0.1, -0.05) is 36.4 Å². The minimum atomic E-state index is 0. The molecule has 0 N–H and O–H groups in total. The van der Waals surface area contributed by atoms with Gasteiger partial charge in [-0.25, -0.2) is 0 Å². The first kappa shape index (κ1) is 27.3. The van der Waals surface area contributed by atoms with E-state index in [0.29, 0.717) is 0 Å². The fourth-order valence-electron chi connectivity index (χ4n) is 3.25. The van der Waals surface area contributed by atoms with Crippen molar-refractivity contribution in [2.45, 2.75) is 0 Å². The third kappa shape index (κ3) is 9.05. The molecule has 3 heterocycles. The number of nitrogens with zero attached hydrogens (tertiary/aromatic N) is 3. The molecule has 0 aliphatic heterocycles. The number of hydrogen-bond acceptors (Lipinski definition) is 2. The van der Waals surface area contributed by atoms with Crippen LogP contribution in [0.5, 0.6) is 0 Å². The van der Waals surface area contributed by atoms with Crippen LogP contribution in [0, 0.1) is 18.2 Å². The molecule has 0 unspecified atom stereocenters. The summed E-state index contributed by atoms with van der Waals surface area (Å²) in [5.41, 5.74) is 5.09. The summed E-state index contributed by atoms with van der Waals surface area (Å²) in [6, 6.07) is 50.7. The summed E-state index contributed by atoms with van der Waals surface area (Å²) in [5.74, 6) is 0. The first-order chi connectivity index (χ1) is 17.9. The number of hydrogen-bond donors (Lipinski definition) is 0. The minimum Gasteiger partial charge on any atom is -0.305 e. The minimum absolute atomic E-state index is 0. The average molecular weight is 656 g/mol. The van der Waals surface area contributed by atoms with Crippen LogP contribution in [0.2, 0.25) is 0 Å². The second kappa shape index (κ2) is 15.7. The monoisotopic (exact) mass is 656 g/mol. The third-order valence-corrected chi connectivity index (χ3v) is 4.99. The standard InChI is InChI=1S/C11H9N.2C11H8N.Ir/c1-3-7-11(8-4-1)12-9-5-2-6-10-12;2*1-2-6-10(7-3-1)11-8-4-5-9-12-11;/h1-7,9-10H;2*1-6,8-9H;/q;2*-1;+3. The Kier molecular flexibility index (Phi) is 11.6. The molecule has 0 saturated heterocycles. The van der Waals surface area contributed by atoms with Gasteiger partial charge in [0.25, 0.3) is 0 Å². The van der Waals surface area contributed by atoms with E-state index < -0.39 is 0 Å². The van der Waals surface area contributed by atoms with Crippen molar-refractivity contribution >= 4 is 0 Å². The van der Waals surface area contributed by atoms with E-state index in [2.05, 4.69) is 28.2 Å². The van der Waals surface area contributed by atoms with Crippen LogP contribution in [-0.2, 0) is 20.1 Å². The SMILES string of the molecule is [Ir+3].[c-]1ccccc1-[n+]1ccccc1.[c-]1ccccc1-c1ccccn1.[c-]1ccccc1-c1ccccn1. The van der Waals surface area contributed by atoms with Crippen molar-refractivity contribution < 1.29 is 24.7 Å². The molecule has 6 rings (SSSR count). The van der Waals surface area contributed by atoms with Gasteiger partial charge < -0.3 is 9.97 Å². The van der Waals surface area contributed by atoms with Gasteiger partial charge in [0.05, 0.1) is 0 Å². The molecule has 3 nitrogen and oxygen atoms in total. The topological polar surface area (TPSA) is 29.7 Å². The maximum atomic E-state index is 4.22. The van der Waals surface area contributed by atoms with E-state index in [1.807, 2.05) is 144 Å². The summed E-state index contributed by atoms with van der Waals surface area (Å²) in [4.78, 5) is 8.44. The number of rotatable bonds is 3. The second-order valence-electron chi connectivity index (χ2n) is 7.51. The zero-order valence-electron chi connectivity index (χ0n) is 20.1. The van der Waals surface area contributed by atoms with Gasteiger partial charge in [0.1, 0.15) is 5.69 Å². The molecule has 0 amide bonds. The molecule has 0 fully saturated rings. The molecule has 180 valence electrons. The van der Waals surface area contributed by atoms with E-state index in [1.165, 1.54) is 0 Å². The molecule has 37 heavy (non-hydrogen) atoms. The molecule has 0 bridgehead atoms. The molecule has 3 aromatic carbocycles. The van der Waals surface area contributed by atoms with Gasteiger partial charge in [0, 0.05) is 24.5 Å². The molecule has 0 atom stereocenters. The van der Waals surface area contributed by atoms with Crippen LogP contribution in [0.1, 0.15) is 0 Å². The van der Waals surface area contributed by atoms with Gasteiger partial charge in [-0.05, 0) is 23.5 Å². The Bertz CT molecular complexity index is 1090. The van der Waals surface area contributed by atoms with Crippen LogP contribution in [0.4, 0.5) is 0 Å². The smallest absolute Gasteiger partial charge is 0.305 e. The van der Waals surface area contributed by atoms with Crippen molar-refractivity contribution in [1.29, 1.82) is 0 Å². The maximum absolute atomic E-state index is 4.22. The first-order valence-electron chi connectivity index (χ1n) is 11.6. The normalized spacial score (nSPS) is 9.41. The molecule has 0 spiro atoms. The van der Waals surface area contributed by atoms with E-state index in [4.69, 9.17) is 0 Å². The number of aromatic nitrogens is 3. The van der Waals surface area contributed by atoms with E-state index in [0.717, 1.165) is 28.2 Å². The molecule has 4 heteroatoms. The van der Waals surface area contributed by atoms with Gasteiger partial charge in [-0.2, -0.15) is 22.8 Å². The van der Waals surface area contributed by atoms with Crippen LogP contribution in [0.15, 0.2) is 152 Å². The van der Waals surface area contributed by atoms with Crippen LogP contribution >= 0.6 is 0 Å². The summed E-state index contributed by atoms with van der Waals surface area (Å²) in [6.07, 6.45) is 7.59. The third-order valence-electron chi connectivity index (χ3n) is 4.99. The molecule has 0 saturated carbocycles. The Labute approximate surface area is 232 Å². The molecular formula is C33H25IrN3+. The van der Waals surface area contributed by atoms with Crippen LogP contribution in [-0.4, -0.2) is 9.97 Å². The second-order valence-corrected chi connectivity index (χ2v) is 7.51. The maximum Gasteiger partial charge on any atom is 3.00 e. The number of pyridine rings is 3. The summed E-state index contributed by atoms with van der Waals surface area (Å²) in [7, 11) is 0. The average Bonchev–Trinajstić information content (AvgIpc) is 3.01. The zero-order chi connectivity index (χ0) is 24.7. The summed E-state index contributed by atoms with van der Waals surface area (Å²) < 4.78 is 2.03. The van der Waals surface area contributed by atoms with Crippen LogP contribution in [0.25, 0.3) is 28.2 Å². The van der Waals surface area contributed by atoms with Crippen molar-refractivity contribution in [2.24, 2.45) is 0 Å². The van der Waals surface area contributed by atoms with Crippen molar-refractivity contribution in [3.05, 3.63) is 170 Å². The van der Waals surface area contributed by atoms with Crippen molar-refractivity contribution in [3.63, 3.8) is 0 Å². The van der Waals surface area contributed by atoms with Gasteiger partial charge in [-0.3, -0.25) is 0 Å². The van der Waals surface area contributed by atoms with Gasteiger partial charge in [-0.15, -0.1) is 77.9 Å². The number of para-hydroxylation sites is 1. The fraction of sp³-hybridized carbons (Fsp3) is 0. The Morgan fingerprint density at radius 3 is 1.35 bits per heavy atom. The van der Waals surface area contributed by atoms with E-state index in [9.17, 15) is 0 Å². The first-order valence-corrected chi connectivity index (χ1v) is 11.6. The predicted octanol–water partition coefficient (Wildman–Crippen LogP) is 6.86. The van der Waals surface area contributed by atoms with Gasteiger partial charge in [0.15, 0.2) is 12.4 Å². The fourth-order valence-corrected chi connectivity index (χ4v) is 3.25. The van der Waals surface area contributed by atoms with Crippen molar-refractivity contribution in [3.8, 4) is 28.2 Å². The van der Waals surface area contributed by atoms with E-state index >= 15 is 0 Å². The molecule has 3 aromatic heterocycles. The van der Waals surface area contributed by atoms with Crippen LogP contribution in [0.3, 0.4) is 0 Å². The Hall–Kier alpha value is -4.24. The Morgan fingerprint density at radius 2 is 0.946 bits per heavy atom. The Balaban J connectivity index is 0.000000152. The molecular weight excluding hydrogens is 631 g/mol. The summed E-state index contributed by atoms with van der Waals surface area (Å²) >= 11 is 0. The quantitative estimate of drug-likeness (QED) is 0.154. The molecule has 0 aliphatic carbocycles. The van der Waals surface area contributed by atoms with Gasteiger partial charge in [0.2, 0.25) is 0 Å². The summed E-state index contributed by atoms with van der Waals surface area (Å²) in [6.45, 7) is 0. The largest absolute Gasteiger partial charge is 3.00 e. The molecule has 6 aromatic rings. The number of benzene rings is 3. The van der Waals surface area contributed by atoms with Crippen molar-refractivity contribution in [1.82, 2.24) is 9.97 Å². The van der Waals surface area contributed by atoms with E-state index in [-0.39, 0.29) is 20.1 Å². The van der Waals surface area contributed by atoms with E-state index in [1.54, 1.807) is 12.4 Å². The zero-order valence-corrected chi connectivity index (χ0v) is 22.5. The van der Waals surface area contributed by atoms with Crippen molar-refractivity contribution in [2.75, 3.05) is 0 Å².